The molecule has 1 amide bonds. The molecule has 0 radical (unpaired) electrons. The highest BCUT2D eigenvalue weighted by atomic mass is 31.2. The van der Waals surface area contributed by atoms with Gasteiger partial charge in [-0.1, -0.05) is 0 Å². The van der Waals surface area contributed by atoms with Crippen molar-refractivity contribution in [3.8, 4) is 0 Å². The summed E-state index contributed by atoms with van der Waals surface area (Å²) in [4.78, 5) is 37.5. The number of ether oxygens (including phenoxy) is 2. The lowest BCUT2D eigenvalue weighted by Gasteiger charge is -2.22. The molecule has 0 spiro atoms. The van der Waals surface area contributed by atoms with E-state index < -0.39 is 48.8 Å². The van der Waals surface area contributed by atoms with Gasteiger partial charge in [0.2, 0.25) is 5.91 Å². The second-order valence-electron chi connectivity index (χ2n) is 7.07. The van der Waals surface area contributed by atoms with Gasteiger partial charge in [-0.3, -0.25) is 19.1 Å². The van der Waals surface area contributed by atoms with Crippen molar-refractivity contribution in [3.63, 3.8) is 0 Å². The number of H-pyrrole nitrogens is 1. The highest BCUT2D eigenvalue weighted by Crippen LogP contribution is 2.40. The van der Waals surface area contributed by atoms with Crippen LogP contribution in [0.3, 0.4) is 0 Å². The molecule has 0 aromatic carbocycles. The fourth-order valence-corrected chi connectivity index (χ4v) is 3.69. The van der Waals surface area contributed by atoms with Crippen LogP contribution in [0.1, 0.15) is 18.2 Å². The van der Waals surface area contributed by atoms with Gasteiger partial charge in [0.25, 0.3) is 5.56 Å². The van der Waals surface area contributed by atoms with E-state index in [0.29, 0.717) is 12.6 Å². The Morgan fingerprint density at radius 2 is 2.11 bits per heavy atom. The molecule has 4 atom stereocenters. The Labute approximate surface area is 156 Å². The van der Waals surface area contributed by atoms with Gasteiger partial charge in [0, 0.05) is 25.0 Å². The van der Waals surface area contributed by atoms with Crippen molar-refractivity contribution in [1.82, 2.24) is 14.9 Å². The number of aliphatic hydroxyl groups excluding tert-OH is 1. The van der Waals surface area contributed by atoms with Crippen LogP contribution in [0.15, 0.2) is 15.8 Å². The maximum absolute atomic E-state index is 12.2. The number of rotatable bonds is 7. The van der Waals surface area contributed by atoms with Crippen LogP contribution in [0.25, 0.3) is 0 Å². The first-order valence-corrected chi connectivity index (χ1v) is 11.3. The molecule has 0 saturated carbocycles. The van der Waals surface area contributed by atoms with E-state index in [-0.39, 0.29) is 12.2 Å². The zero-order valence-corrected chi connectivity index (χ0v) is 16.7. The normalized spacial score (nSPS) is 25.5. The molecule has 10 nitrogen and oxygen atoms in total. The van der Waals surface area contributed by atoms with Crippen LogP contribution in [0, 0.1) is 6.92 Å². The maximum Gasteiger partial charge on any atom is 0.330 e. The molecule has 2 heterocycles. The Morgan fingerprint density at radius 1 is 1.44 bits per heavy atom. The molecule has 11 heteroatoms. The molecule has 1 aliphatic rings. The Hall–Kier alpha value is -1.74. The van der Waals surface area contributed by atoms with Gasteiger partial charge in [-0.25, -0.2) is 4.79 Å². The van der Waals surface area contributed by atoms with Crippen molar-refractivity contribution in [3.05, 3.63) is 32.6 Å². The summed E-state index contributed by atoms with van der Waals surface area (Å²) in [6, 6.07) is 0. The number of nitrogens with one attached hydrogen (secondary N) is 2. The van der Waals surface area contributed by atoms with E-state index in [0.717, 1.165) is 4.57 Å². The number of carbonyl (C=O) groups is 1. The molecular weight excluding hydrogens is 377 g/mol. The van der Waals surface area contributed by atoms with Crippen molar-refractivity contribution >= 4 is 13.0 Å². The number of aliphatic hydroxyl groups is 1. The average molecular weight is 403 g/mol. The van der Waals surface area contributed by atoms with Gasteiger partial charge in [-0.05, 0) is 26.7 Å². The first-order valence-electron chi connectivity index (χ1n) is 8.55. The van der Waals surface area contributed by atoms with Crippen molar-refractivity contribution in [2.24, 2.45) is 0 Å². The molecule has 0 bridgehead atoms. The second kappa shape index (κ2) is 8.52. The topological polar surface area (TPSA) is 140 Å². The van der Waals surface area contributed by atoms with E-state index >= 15 is 0 Å². The van der Waals surface area contributed by atoms with E-state index in [4.69, 9.17) is 9.47 Å². The van der Waals surface area contributed by atoms with Crippen LogP contribution in [-0.4, -0.2) is 72.0 Å². The highest BCUT2D eigenvalue weighted by molar-refractivity contribution is 7.62. The number of nitrogens with zero attached hydrogens (tertiary/aromatic N) is 1. The summed E-state index contributed by atoms with van der Waals surface area (Å²) in [6.07, 6.45) is -1.93. The smallest absolute Gasteiger partial charge is 0.330 e. The number of hydrogen-bond donors (Lipinski definition) is 3. The van der Waals surface area contributed by atoms with Gasteiger partial charge in [0.15, 0.2) is 6.23 Å². The van der Waals surface area contributed by atoms with Crippen molar-refractivity contribution in [2.75, 3.05) is 33.1 Å². The molecule has 0 aliphatic carbocycles. The summed E-state index contributed by atoms with van der Waals surface area (Å²) in [5.41, 5.74) is -0.950. The van der Waals surface area contributed by atoms with Crippen LogP contribution < -0.4 is 16.6 Å². The van der Waals surface area contributed by atoms with Gasteiger partial charge in [0.05, 0.1) is 13.2 Å². The number of aromatic nitrogens is 2. The predicted octanol–water partition coefficient (Wildman–Crippen LogP) is -0.753. The largest absolute Gasteiger partial charge is 0.388 e. The molecule has 1 fully saturated rings. The monoisotopic (exact) mass is 403 g/mol. The Kier molecular flexibility index (Phi) is 6.80. The summed E-state index contributed by atoms with van der Waals surface area (Å²) >= 11 is 0. The second-order valence-corrected chi connectivity index (χ2v) is 10.7. The lowest BCUT2D eigenvalue weighted by molar-refractivity contribution is -0.132. The number of amides is 1. The quantitative estimate of drug-likeness (QED) is 0.509. The molecular formula is C16H26N3O7P. The zero-order valence-electron chi connectivity index (χ0n) is 15.8. The third-order valence-electron chi connectivity index (χ3n) is 4.37. The maximum atomic E-state index is 12.2. The molecule has 1 aromatic heterocycles. The van der Waals surface area contributed by atoms with E-state index in [1.54, 1.807) is 13.3 Å². The Balaban J connectivity index is 2.31. The molecule has 1 aliphatic heterocycles. The van der Waals surface area contributed by atoms with E-state index in [1.165, 1.54) is 20.2 Å². The SMILES string of the molecule is CNC(=O)CO[C@@H]1[C@H](O)[C@@H](CCP(C)(C)=O)O[C@H]1n1cc(C)c(=O)[nH]c1=O. The van der Waals surface area contributed by atoms with E-state index in [9.17, 15) is 24.1 Å². The minimum atomic E-state index is -2.33. The van der Waals surface area contributed by atoms with E-state index in [2.05, 4.69) is 10.3 Å². The third kappa shape index (κ3) is 5.38. The Bertz CT molecular complexity index is 843. The molecule has 152 valence electrons. The molecule has 3 N–H and O–H groups in total. The number of aromatic amines is 1. The van der Waals surface area contributed by atoms with Gasteiger partial charge < -0.3 is 24.5 Å². The first-order chi connectivity index (χ1) is 12.5. The number of carbonyl (C=O) groups excluding carboxylic acids is 1. The van der Waals surface area contributed by atoms with Crippen LogP contribution in [-0.2, 0) is 18.8 Å². The van der Waals surface area contributed by atoms with Crippen LogP contribution in [0.5, 0.6) is 0 Å². The third-order valence-corrected chi connectivity index (χ3v) is 5.71. The fraction of sp³-hybridized carbons (Fsp3) is 0.688. The lowest BCUT2D eigenvalue weighted by atomic mass is 10.1. The zero-order chi connectivity index (χ0) is 20.4. The lowest BCUT2D eigenvalue weighted by Crippen LogP contribution is -2.41. The average Bonchev–Trinajstić information content (AvgIpc) is 2.89. The van der Waals surface area contributed by atoms with E-state index in [1.807, 2.05) is 0 Å². The first kappa shape index (κ1) is 21.6. The standard InChI is InChI=1S/C16H26N3O7P/c1-9-7-19(16(23)18-14(9)22)15-13(25-8-11(20)17-2)12(21)10(26-15)5-6-27(3,4)24/h7,10,12-13,15,21H,5-6,8H2,1-4H3,(H,17,20)(H,18,22,23)/t10-,12-,13-,15-/m1/s1. The molecule has 2 rings (SSSR count). The number of aryl methyl sites for hydroxylation is 1. The predicted molar refractivity (Wildman–Crippen MR) is 98.7 cm³/mol. The number of hydrogen-bond acceptors (Lipinski definition) is 7. The van der Waals surface area contributed by atoms with Gasteiger partial charge >= 0.3 is 5.69 Å². The summed E-state index contributed by atoms with van der Waals surface area (Å²) in [5.74, 6) is -0.402. The van der Waals surface area contributed by atoms with Gasteiger partial charge in [-0.2, -0.15) is 0 Å². The van der Waals surface area contributed by atoms with Crippen molar-refractivity contribution < 1.29 is 23.9 Å². The summed E-state index contributed by atoms with van der Waals surface area (Å²) in [6.45, 7) is 4.48. The van der Waals surface area contributed by atoms with Crippen LogP contribution >= 0.6 is 7.14 Å². The molecule has 1 aromatic rings. The minimum Gasteiger partial charge on any atom is -0.388 e. The summed E-state index contributed by atoms with van der Waals surface area (Å²) in [5, 5.41) is 13.0. The number of likely N-dealkylation sites (N-methyl/N-ethyl adjacent to an activating group) is 1. The fourth-order valence-electron chi connectivity index (χ4n) is 2.82. The summed E-state index contributed by atoms with van der Waals surface area (Å²) in [7, 11) is -0.880. The van der Waals surface area contributed by atoms with Gasteiger partial charge in [0.1, 0.15) is 18.8 Å². The van der Waals surface area contributed by atoms with Crippen molar-refractivity contribution in [2.45, 2.75) is 37.9 Å². The van der Waals surface area contributed by atoms with Crippen molar-refractivity contribution in [1.29, 1.82) is 0 Å². The summed E-state index contributed by atoms with van der Waals surface area (Å²) < 4.78 is 24.5. The minimum absolute atomic E-state index is 0.285. The molecule has 27 heavy (non-hydrogen) atoms. The van der Waals surface area contributed by atoms with Gasteiger partial charge in [-0.15, -0.1) is 0 Å². The molecule has 0 unspecified atom stereocenters. The van der Waals surface area contributed by atoms with Crippen LogP contribution in [0.4, 0.5) is 0 Å². The molecule has 1 saturated heterocycles. The highest BCUT2D eigenvalue weighted by Gasteiger charge is 2.46. The Morgan fingerprint density at radius 3 is 2.70 bits per heavy atom. The van der Waals surface area contributed by atoms with Crippen LogP contribution in [0.2, 0.25) is 0 Å².